The van der Waals surface area contributed by atoms with Gasteiger partial charge in [0.2, 0.25) is 5.91 Å². The Morgan fingerprint density at radius 2 is 1.54 bits per heavy atom. The number of amides is 3. The van der Waals surface area contributed by atoms with E-state index in [4.69, 9.17) is 14.2 Å². The van der Waals surface area contributed by atoms with Gasteiger partial charge in [0, 0.05) is 38.1 Å². The normalized spacial score (nSPS) is 13.5. The summed E-state index contributed by atoms with van der Waals surface area (Å²) < 4.78 is 15.7. The molecule has 1 aliphatic rings. The predicted octanol–water partition coefficient (Wildman–Crippen LogP) is -0.553. The maximum atomic E-state index is 11.6. The smallest absolute Gasteiger partial charge is 0.253 e. The highest BCUT2D eigenvalue weighted by Gasteiger charge is 2.22. The molecular weight excluding hydrogens is 344 g/mol. The number of rotatable bonds is 16. The summed E-state index contributed by atoms with van der Waals surface area (Å²) in [5.41, 5.74) is 0. The maximum absolute atomic E-state index is 11.6. The van der Waals surface area contributed by atoms with E-state index in [9.17, 15) is 19.2 Å². The molecule has 0 radical (unpaired) electrons. The Kier molecular flexibility index (Phi) is 11.9. The van der Waals surface area contributed by atoms with Crippen LogP contribution in [0.15, 0.2) is 12.2 Å². The summed E-state index contributed by atoms with van der Waals surface area (Å²) in [5, 5.41) is 2.70. The average molecular weight is 370 g/mol. The monoisotopic (exact) mass is 370 g/mol. The van der Waals surface area contributed by atoms with Crippen LogP contribution in [0.25, 0.3) is 0 Å². The molecule has 1 N–H and O–H groups in total. The molecule has 0 fully saturated rings. The van der Waals surface area contributed by atoms with E-state index in [0.717, 1.165) is 11.2 Å². The fourth-order valence-corrected chi connectivity index (χ4v) is 2.07. The van der Waals surface area contributed by atoms with E-state index in [2.05, 4.69) is 5.32 Å². The molecule has 0 aromatic rings. The Hall–Kier alpha value is -2.10. The van der Waals surface area contributed by atoms with Crippen LogP contribution in [-0.4, -0.2) is 81.6 Å². The van der Waals surface area contributed by atoms with E-state index in [-0.39, 0.29) is 30.7 Å². The first-order valence-corrected chi connectivity index (χ1v) is 8.62. The van der Waals surface area contributed by atoms with Crippen molar-refractivity contribution < 1.29 is 33.4 Å². The van der Waals surface area contributed by atoms with Gasteiger partial charge in [-0.2, -0.15) is 0 Å². The van der Waals surface area contributed by atoms with Gasteiger partial charge in [-0.3, -0.25) is 19.3 Å². The van der Waals surface area contributed by atoms with Gasteiger partial charge in [0.25, 0.3) is 11.8 Å². The van der Waals surface area contributed by atoms with Crippen LogP contribution < -0.4 is 5.32 Å². The van der Waals surface area contributed by atoms with Crippen molar-refractivity contribution in [3.05, 3.63) is 12.2 Å². The second-order valence-electron chi connectivity index (χ2n) is 5.41. The van der Waals surface area contributed by atoms with Crippen LogP contribution in [-0.2, 0) is 33.4 Å². The van der Waals surface area contributed by atoms with E-state index >= 15 is 0 Å². The van der Waals surface area contributed by atoms with Gasteiger partial charge in [-0.15, -0.1) is 0 Å². The molecule has 0 atom stereocenters. The van der Waals surface area contributed by atoms with Gasteiger partial charge in [-0.25, -0.2) is 0 Å². The summed E-state index contributed by atoms with van der Waals surface area (Å²) in [6.07, 6.45) is 4.31. The fraction of sp³-hybridized carbons (Fsp3) is 0.647. The van der Waals surface area contributed by atoms with Crippen LogP contribution in [0.2, 0.25) is 0 Å². The zero-order valence-corrected chi connectivity index (χ0v) is 14.8. The number of imide groups is 1. The highest BCUT2D eigenvalue weighted by atomic mass is 16.5. The standard InChI is InChI=1S/C17H26N2O7/c20-8-2-9-24-11-13-26-14-12-25-10-6-18-15(21)3-1-7-19-16(22)4-5-17(19)23/h4-5,8H,1-3,6-7,9-14H2,(H,18,21). The van der Waals surface area contributed by atoms with Crippen molar-refractivity contribution in [3.63, 3.8) is 0 Å². The largest absolute Gasteiger partial charge is 0.379 e. The molecule has 26 heavy (non-hydrogen) atoms. The van der Waals surface area contributed by atoms with E-state index < -0.39 is 0 Å². The third-order valence-corrected chi connectivity index (χ3v) is 3.38. The van der Waals surface area contributed by atoms with Gasteiger partial charge >= 0.3 is 0 Å². The van der Waals surface area contributed by atoms with Gasteiger partial charge in [0.15, 0.2) is 0 Å². The Labute approximate surface area is 152 Å². The van der Waals surface area contributed by atoms with Gasteiger partial charge in [-0.1, -0.05) is 0 Å². The van der Waals surface area contributed by atoms with E-state index in [1.165, 1.54) is 12.2 Å². The molecule has 0 spiro atoms. The predicted molar refractivity (Wildman–Crippen MR) is 91.2 cm³/mol. The molecule has 3 amide bonds. The molecule has 0 bridgehead atoms. The van der Waals surface area contributed by atoms with Crippen molar-refractivity contribution in [3.8, 4) is 0 Å². The Bertz CT molecular complexity index is 476. The van der Waals surface area contributed by atoms with Crippen LogP contribution in [0.5, 0.6) is 0 Å². The number of nitrogens with one attached hydrogen (secondary N) is 1. The summed E-state index contributed by atoms with van der Waals surface area (Å²) in [6.45, 7) is 3.13. The number of ether oxygens (including phenoxy) is 3. The minimum absolute atomic E-state index is 0.149. The molecule has 0 unspecified atom stereocenters. The van der Waals surface area contributed by atoms with E-state index in [1.54, 1.807) is 0 Å². The molecule has 0 aromatic heterocycles. The fourth-order valence-electron chi connectivity index (χ4n) is 2.07. The topological polar surface area (TPSA) is 111 Å². The summed E-state index contributed by atoms with van der Waals surface area (Å²) in [7, 11) is 0. The lowest BCUT2D eigenvalue weighted by atomic mass is 10.3. The lowest BCUT2D eigenvalue weighted by Gasteiger charge is -2.13. The molecule has 0 aliphatic carbocycles. The Morgan fingerprint density at radius 1 is 0.962 bits per heavy atom. The molecule has 0 saturated heterocycles. The zero-order valence-electron chi connectivity index (χ0n) is 14.8. The number of hydrogen-bond donors (Lipinski definition) is 1. The average Bonchev–Trinajstić information content (AvgIpc) is 2.94. The number of aldehydes is 1. The van der Waals surface area contributed by atoms with Gasteiger partial charge in [0.05, 0.1) is 39.6 Å². The number of carbonyl (C=O) groups excluding carboxylic acids is 4. The summed E-state index contributed by atoms with van der Waals surface area (Å²) in [4.78, 5) is 45.5. The second kappa shape index (κ2) is 14.1. The summed E-state index contributed by atoms with van der Waals surface area (Å²) in [6, 6.07) is 0. The molecule has 9 nitrogen and oxygen atoms in total. The van der Waals surface area contributed by atoms with E-state index in [1.807, 2.05) is 0 Å². The Morgan fingerprint density at radius 3 is 2.15 bits per heavy atom. The van der Waals surface area contributed by atoms with Crippen molar-refractivity contribution in [1.29, 1.82) is 0 Å². The van der Waals surface area contributed by atoms with Crippen molar-refractivity contribution in [1.82, 2.24) is 10.2 Å². The summed E-state index contributed by atoms with van der Waals surface area (Å²) in [5.74, 6) is -0.818. The van der Waals surface area contributed by atoms with Crippen LogP contribution in [0.3, 0.4) is 0 Å². The first-order valence-electron chi connectivity index (χ1n) is 8.62. The van der Waals surface area contributed by atoms with Crippen LogP contribution in [0, 0.1) is 0 Å². The molecule has 1 heterocycles. The molecule has 0 aromatic carbocycles. The third kappa shape index (κ3) is 10.0. The van der Waals surface area contributed by atoms with Crippen LogP contribution in [0.4, 0.5) is 0 Å². The van der Waals surface area contributed by atoms with Gasteiger partial charge < -0.3 is 24.3 Å². The first-order chi connectivity index (χ1) is 12.6. The molecule has 9 heteroatoms. The van der Waals surface area contributed by atoms with E-state index in [0.29, 0.717) is 59.0 Å². The number of nitrogens with zero attached hydrogens (tertiary/aromatic N) is 1. The molecular formula is C17H26N2O7. The zero-order chi connectivity index (χ0) is 19.0. The van der Waals surface area contributed by atoms with Crippen molar-refractivity contribution in [2.45, 2.75) is 19.3 Å². The quantitative estimate of drug-likeness (QED) is 0.220. The van der Waals surface area contributed by atoms with Crippen molar-refractivity contribution >= 4 is 24.0 Å². The molecule has 1 aliphatic heterocycles. The maximum Gasteiger partial charge on any atom is 0.253 e. The van der Waals surface area contributed by atoms with Crippen LogP contribution >= 0.6 is 0 Å². The second-order valence-corrected chi connectivity index (χ2v) is 5.41. The molecule has 146 valence electrons. The SMILES string of the molecule is O=CCCOCCOCCOCCNC(=O)CCCN1C(=O)C=CC1=O. The molecule has 0 saturated carbocycles. The number of carbonyl (C=O) groups is 4. The lowest BCUT2D eigenvalue weighted by molar-refractivity contribution is -0.137. The minimum atomic E-state index is -0.335. The first kappa shape index (κ1) is 21.9. The number of hydrogen-bond acceptors (Lipinski definition) is 7. The highest BCUT2D eigenvalue weighted by Crippen LogP contribution is 2.05. The highest BCUT2D eigenvalue weighted by molar-refractivity contribution is 6.12. The van der Waals surface area contributed by atoms with Crippen molar-refractivity contribution in [2.75, 3.05) is 52.7 Å². The van der Waals surface area contributed by atoms with Crippen LogP contribution in [0.1, 0.15) is 19.3 Å². The third-order valence-electron chi connectivity index (χ3n) is 3.38. The van der Waals surface area contributed by atoms with Crippen molar-refractivity contribution in [2.24, 2.45) is 0 Å². The van der Waals surface area contributed by atoms with Gasteiger partial charge in [-0.05, 0) is 6.42 Å². The van der Waals surface area contributed by atoms with Gasteiger partial charge in [0.1, 0.15) is 6.29 Å². The molecule has 1 rings (SSSR count). The Balaban J connectivity index is 1.84. The minimum Gasteiger partial charge on any atom is -0.379 e. The summed E-state index contributed by atoms with van der Waals surface area (Å²) >= 11 is 0. The lowest BCUT2D eigenvalue weighted by Crippen LogP contribution is -2.32.